The molecule has 0 unspecified atom stereocenters. The number of methoxy groups -OCH3 is 1. The second-order valence-corrected chi connectivity index (χ2v) is 6.49. The van der Waals surface area contributed by atoms with Gasteiger partial charge >= 0.3 is 0 Å². The van der Waals surface area contributed by atoms with Crippen LogP contribution in [-0.4, -0.2) is 40.8 Å². The fourth-order valence-electron chi connectivity index (χ4n) is 3.37. The van der Waals surface area contributed by atoms with Crippen LogP contribution in [0.4, 0.5) is 5.82 Å². The molecule has 0 bridgehead atoms. The third-order valence-corrected chi connectivity index (χ3v) is 4.87. The second kappa shape index (κ2) is 6.65. The van der Waals surface area contributed by atoms with Crippen molar-refractivity contribution in [3.8, 4) is 22.9 Å². The molecular formula is C19H20N6O. The Morgan fingerprint density at radius 3 is 2.73 bits per heavy atom. The van der Waals surface area contributed by atoms with Crippen LogP contribution >= 0.6 is 0 Å². The smallest absolute Gasteiger partial charge is 0.137 e. The monoisotopic (exact) mass is 348 g/mol. The van der Waals surface area contributed by atoms with Gasteiger partial charge in [0.15, 0.2) is 0 Å². The molecule has 4 rings (SSSR count). The quantitative estimate of drug-likeness (QED) is 0.780. The van der Waals surface area contributed by atoms with Crippen molar-refractivity contribution in [2.45, 2.75) is 18.9 Å². The van der Waals surface area contributed by atoms with Gasteiger partial charge in [0.1, 0.15) is 17.6 Å². The number of pyridine rings is 2. The lowest BCUT2D eigenvalue weighted by Gasteiger charge is -2.31. The van der Waals surface area contributed by atoms with Crippen LogP contribution in [-0.2, 0) is 0 Å². The van der Waals surface area contributed by atoms with Gasteiger partial charge in [-0.25, -0.2) is 9.50 Å². The molecule has 1 saturated heterocycles. The summed E-state index contributed by atoms with van der Waals surface area (Å²) in [6, 6.07) is 8.45. The van der Waals surface area contributed by atoms with E-state index >= 15 is 0 Å². The summed E-state index contributed by atoms with van der Waals surface area (Å²) in [5.41, 5.74) is 9.05. The van der Waals surface area contributed by atoms with E-state index in [4.69, 9.17) is 10.5 Å². The molecule has 0 amide bonds. The van der Waals surface area contributed by atoms with E-state index in [9.17, 15) is 5.26 Å². The minimum atomic E-state index is 0.293. The van der Waals surface area contributed by atoms with Gasteiger partial charge in [-0.3, -0.25) is 0 Å². The maximum Gasteiger partial charge on any atom is 0.137 e. The van der Waals surface area contributed by atoms with E-state index in [1.807, 2.05) is 24.4 Å². The van der Waals surface area contributed by atoms with E-state index in [1.165, 1.54) is 0 Å². The molecular weight excluding hydrogens is 328 g/mol. The van der Waals surface area contributed by atoms with Crippen LogP contribution in [0, 0.1) is 11.3 Å². The van der Waals surface area contributed by atoms with Crippen LogP contribution in [0.25, 0.3) is 16.6 Å². The lowest BCUT2D eigenvalue weighted by molar-refractivity contribution is 0.412. The molecule has 0 atom stereocenters. The third kappa shape index (κ3) is 2.85. The molecule has 1 aliphatic rings. The molecule has 0 spiro atoms. The largest absolute Gasteiger partial charge is 0.495 e. The first-order valence-electron chi connectivity index (χ1n) is 8.62. The number of nitriles is 1. The van der Waals surface area contributed by atoms with E-state index in [2.05, 4.69) is 21.1 Å². The minimum absolute atomic E-state index is 0.293. The molecule has 3 aromatic heterocycles. The average Bonchev–Trinajstić information content (AvgIpc) is 3.11. The Bertz CT molecular complexity index is 964. The Kier molecular flexibility index (Phi) is 4.19. The van der Waals surface area contributed by atoms with Crippen molar-refractivity contribution in [1.82, 2.24) is 14.6 Å². The SMILES string of the molecule is COc1cc(-c2ccc(N3CCC(N)CC3)nc2)c2c(C#N)cnn2c1. The molecule has 1 aliphatic heterocycles. The van der Waals surface area contributed by atoms with Crippen molar-refractivity contribution in [2.24, 2.45) is 5.73 Å². The molecule has 1 fully saturated rings. The second-order valence-electron chi connectivity index (χ2n) is 6.49. The number of ether oxygens (including phenoxy) is 1. The number of anilines is 1. The van der Waals surface area contributed by atoms with Crippen molar-refractivity contribution in [3.63, 3.8) is 0 Å². The maximum atomic E-state index is 9.39. The topological polar surface area (TPSA) is 92.5 Å². The van der Waals surface area contributed by atoms with Crippen LogP contribution in [0.3, 0.4) is 0 Å². The summed E-state index contributed by atoms with van der Waals surface area (Å²) >= 11 is 0. The molecule has 7 heteroatoms. The summed E-state index contributed by atoms with van der Waals surface area (Å²) in [6.07, 6.45) is 7.14. The van der Waals surface area contributed by atoms with E-state index in [-0.39, 0.29) is 0 Å². The predicted octanol–water partition coefficient (Wildman–Crippen LogP) is 2.20. The Morgan fingerprint density at radius 1 is 1.27 bits per heavy atom. The summed E-state index contributed by atoms with van der Waals surface area (Å²) in [6.45, 7) is 1.86. The first-order valence-corrected chi connectivity index (χ1v) is 8.62. The maximum absolute atomic E-state index is 9.39. The van der Waals surface area contributed by atoms with Gasteiger partial charge in [0.25, 0.3) is 0 Å². The molecule has 7 nitrogen and oxygen atoms in total. The van der Waals surface area contributed by atoms with E-state index in [0.29, 0.717) is 17.4 Å². The highest BCUT2D eigenvalue weighted by molar-refractivity contribution is 5.85. The fourth-order valence-corrected chi connectivity index (χ4v) is 3.37. The molecule has 0 radical (unpaired) electrons. The van der Waals surface area contributed by atoms with Gasteiger partial charge in [0.2, 0.25) is 0 Å². The van der Waals surface area contributed by atoms with Gasteiger partial charge in [-0.15, -0.1) is 0 Å². The molecule has 4 heterocycles. The van der Waals surface area contributed by atoms with Crippen LogP contribution in [0.1, 0.15) is 18.4 Å². The van der Waals surface area contributed by atoms with Crippen molar-refractivity contribution >= 4 is 11.3 Å². The summed E-state index contributed by atoms with van der Waals surface area (Å²) in [5.74, 6) is 1.63. The van der Waals surface area contributed by atoms with Gasteiger partial charge in [-0.2, -0.15) is 10.4 Å². The van der Waals surface area contributed by atoms with E-state index < -0.39 is 0 Å². The predicted molar refractivity (Wildman–Crippen MR) is 99.1 cm³/mol. The number of fused-ring (bicyclic) bond motifs is 1. The van der Waals surface area contributed by atoms with Gasteiger partial charge in [-0.1, -0.05) is 0 Å². The van der Waals surface area contributed by atoms with Gasteiger partial charge in [0.05, 0.1) is 30.6 Å². The fraction of sp³-hybridized carbons (Fsp3) is 0.316. The molecule has 0 aromatic carbocycles. The Morgan fingerprint density at radius 2 is 2.08 bits per heavy atom. The summed E-state index contributed by atoms with van der Waals surface area (Å²) in [7, 11) is 1.61. The first kappa shape index (κ1) is 16.4. The number of piperidine rings is 1. The van der Waals surface area contributed by atoms with Crippen molar-refractivity contribution in [1.29, 1.82) is 5.26 Å². The van der Waals surface area contributed by atoms with Crippen molar-refractivity contribution in [2.75, 3.05) is 25.1 Å². The Balaban J connectivity index is 1.73. The molecule has 26 heavy (non-hydrogen) atoms. The Labute approximate surface area is 151 Å². The van der Waals surface area contributed by atoms with Crippen LogP contribution in [0.15, 0.2) is 36.8 Å². The third-order valence-electron chi connectivity index (χ3n) is 4.87. The van der Waals surface area contributed by atoms with Crippen LogP contribution in [0.2, 0.25) is 0 Å². The highest BCUT2D eigenvalue weighted by atomic mass is 16.5. The summed E-state index contributed by atoms with van der Waals surface area (Å²) in [4.78, 5) is 6.90. The number of hydrogen-bond acceptors (Lipinski definition) is 6. The van der Waals surface area contributed by atoms with E-state index in [1.54, 1.807) is 24.0 Å². The number of nitrogens with two attached hydrogens (primary N) is 1. The molecule has 0 aliphatic carbocycles. The zero-order valence-corrected chi connectivity index (χ0v) is 14.6. The number of aromatic nitrogens is 3. The lowest BCUT2D eigenvalue weighted by atomic mass is 10.0. The molecule has 0 saturated carbocycles. The normalized spacial score (nSPS) is 15.2. The van der Waals surface area contributed by atoms with E-state index in [0.717, 1.165) is 48.4 Å². The Hall–Kier alpha value is -3.11. The lowest BCUT2D eigenvalue weighted by Crippen LogP contribution is -2.40. The van der Waals surface area contributed by atoms with Gasteiger partial charge in [-0.05, 0) is 31.0 Å². The zero-order chi connectivity index (χ0) is 18.1. The highest BCUT2D eigenvalue weighted by Gasteiger charge is 2.18. The molecule has 3 aromatic rings. The van der Waals surface area contributed by atoms with Gasteiger partial charge < -0.3 is 15.4 Å². The average molecular weight is 348 g/mol. The molecule has 2 N–H and O–H groups in total. The number of hydrogen-bond donors (Lipinski definition) is 1. The van der Waals surface area contributed by atoms with Crippen molar-refractivity contribution < 1.29 is 4.74 Å². The first-order chi connectivity index (χ1) is 12.7. The standard InChI is InChI=1S/C19H20N6O/c1-26-16-8-17(19-14(9-20)11-23-25(19)12-16)13-2-3-18(22-10-13)24-6-4-15(21)5-7-24/h2-3,8,10-12,15H,4-7,21H2,1H3. The summed E-state index contributed by atoms with van der Waals surface area (Å²) < 4.78 is 7.05. The number of rotatable bonds is 3. The molecule has 132 valence electrons. The van der Waals surface area contributed by atoms with Gasteiger partial charge in [0, 0.05) is 36.5 Å². The van der Waals surface area contributed by atoms with Crippen LogP contribution in [0.5, 0.6) is 5.75 Å². The van der Waals surface area contributed by atoms with Crippen LogP contribution < -0.4 is 15.4 Å². The summed E-state index contributed by atoms with van der Waals surface area (Å²) in [5, 5.41) is 13.6. The minimum Gasteiger partial charge on any atom is -0.495 e. The zero-order valence-electron chi connectivity index (χ0n) is 14.6. The van der Waals surface area contributed by atoms with Crippen molar-refractivity contribution in [3.05, 3.63) is 42.4 Å². The highest BCUT2D eigenvalue weighted by Crippen LogP contribution is 2.31. The number of nitrogens with zero attached hydrogens (tertiary/aromatic N) is 5.